The average molecular weight is 535 g/mol. The standard InChI is InChI=1S/C24H16ClF5N6O/c25-21-20(13-9-31-36(11-13)10-12-7-23(26,27)8-12)32-18-5-14(1-3-16(18)33-21)37-15-2-4-17-19(6-15)35-22(34-17)24(28,29)30/h1-6,9,11-12H,7-8,10H2,(H,34,35). The summed E-state index contributed by atoms with van der Waals surface area (Å²) in [6.45, 7) is 0.372. The molecule has 1 aliphatic rings. The molecule has 5 aromatic rings. The molecule has 1 aliphatic carbocycles. The number of imidazole rings is 1. The minimum Gasteiger partial charge on any atom is -0.457 e. The SMILES string of the molecule is FC1(F)CC(Cn2cc(-c3nc4cc(Oc5ccc6[nH]c(C(F)(F)F)nc6c5)ccc4nc3Cl)cn2)C1. The molecule has 0 radical (unpaired) electrons. The summed E-state index contributed by atoms with van der Waals surface area (Å²) in [5, 5.41) is 4.39. The van der Waals surface area contributed by atoms with Crippen molar-refractivity contribution in [3.8, 4) is 22.8 Å². The first-order chi connectivity index (χ1) is 17.5. The van der Waals surface area contributed by atoms with Crippen LogP contribution in [0.5, 0.6) is 11.5 Å². The molecule has 37 heavy (non-hydrogen) atoms. The summed E-state index contributed by atoms with van der Waals surface area (Å²) < 4.78 is 72.5. The lowest BCUT2D eigenvalue weighted by Crippen LogP contribution is -2.37. The van der Waals surface area contributed by atoms with Crippen LogP contribution in [0.2, 0.25) is 5.15 Å². The Bertz CT molecular complexity index is 1640. The van der Waals surface area contributed by atoms with Gasteiger partial charge in [0.15, 0.2) is 5.15 Å². The number of hydrogen-bond acceptors (Lipinski definition) is 5. The molecular weight excluding hydrogens is 519 g/mol. The Morgan fingerprint density at radius 1 is 1.00 bits per heavy atom. The van der Waals surface area contributed by atoms with Crippen molar-refractivity contribution in [2.75, 3.05) is 0 Å². The highest BCUT2D eigenvalue weighted by molar-refractivity contribution is 6.32. The molecule has 7 nitrogen and oxygen atoms in total. The van der Waals surface area contributed by atoms with Gasteiger partial charge in [-0.1, -0.05) is 11.6 Å². The first-order valence-electron chi connectivity index (χ1n) is 11.2. The second-order valence-electron chi connectivity index (χ2n) is 8.96. The molecule has 0 amide bonds. The zero-order chi connectivity index (χ0) is 25.9. The first kappa shape index (κ1) is 23.6. The number of fused-ring (bicyclic) bond motifs is 2. The van der Waals surface area contributed by atoms with Crippen LogP contribution in [-0.4, -0.2) is 35.6 Å². The highest BCUT2D eigenvalue weighted by Gasteiger charge is 2.45. The quantitative estimate of drug-likeness (QED) is 0.249. The van der Waals surface area contributed by atoms with Gasteiger partial charge in [0.05, 0.1) is 28.3 Å². The second-order valence-corrected chi connectivity index (χ2v) is 9.32. The van der Waals surface area contributed by atoms with Gasteiger partial charge in [0, 0.05) is 43.3 Å². The number of aromatic amines is 1. The summed E-state index contributed by atoms with van der Waals surface area (Å²) in [5.74, 6) is -3.15. The largest absolute Gasteiger partial charge is 0.457 e. The highest BCUT2D eigenvalue weighted by Crippen LogP contribution is 2.43. The number of hydrogen-bond donors (Lipinski definition) is 1. The van der Waals surface area contributed by atoms with Gasteiger partial charge in [-0.05, 0) is 30.2 Å². The van der Waals surface area contributed by atoms with Crippen molar-refractivity contribution in [2.24, 2.45) is 5.92 Å². The first-order valence-corrected chi connectivity index (χ1v) is 11.5. The lowest BCUT2D eigenvalue weighted by molar-refractivity contribution is -0.144. The lowest BCUT2D eigenvalue weighted by atomic mass is 9.81. The van der Waals surface area contributed by atoms with Crippen LogP contribution in [0.1, 0.15) is 18.7 Å². The maximum Gasteiger partial charge on any atom is 0.449 e. The highest BCUT2D eigenvalue weighted by atomic mass is 35.5. The number of aromatic nitrogens is 6. The molecule has 6 rings (SSSR count). The van der Waals surface area contributed by atoms with Crippen LogP contribution in [0, 0.1) is 5.92 Å². The van der Waals surface area contributed by atoms with Crippen molar-refractivity contribution in [1.82, 2.24) is 29.7 Å². The van der Waals surface area contributed by atoms with Gasteiger partial charge in [-0.25, -0.2) is 23.7 Å². The Balaban J connectivity index is 1.25. The summed E-state index contributed by atoms with van der Waals surface area (Å²) in [7, 11) is 0. The minimum atomic E-state index is -4.58. The van der Waals surface area contributed by atoms with E-state index in [1.165, 1.54) is 18.2 Å². The molecule has 0 bridgehead atoms. The lowest BCUT2D eigenvalue weighted by Gasteiger charge is -2.34. The average Bonchev–Trinajstić information content (AvgIpc) is 3.44. The Morgan fingerprint density at radius 3 is 2.46 bits per heavy atom. The van der Waals surface area contributed by atoms with Crippen molar-refractivity contribution in [3.05, 3.63) is 59.8 Å². The number of halogens is 6. The molecule has 0 unspecified atom stereocenters. The Kier molecular flexibility index (Phi) is 5.34. The van der Waals surface area contributed by atoms with Gasteiger partial charge in [0.25, 0.3) is 0 Å². The van der Waals surface area contributed by atoms with E-state index < -0.39 is 17.9 Å². The van der Waals surface area contributed by atoms with Crippen LogP contribution >= 0.6 is 11.6 Å². The Hall–Kier alpha value is -3.80. The van der Waals surface area contributed by atoms with Gasteiger partial charge in [-0.3, -0.25) is 4.68 Å². The predicted octanol–water partition coefficient (Wildman–Crippen LogP) is 6.88. The van der Waals surface area contributed by atoms with E-state index in [0.29, 0.717) is 34.6 Å². The smallest absolute Gasteiger partial charge is 0.449 e. The predicted molar refractivity (Wildman–Crippen MR) is 125 cm³/mol. The zero-order valence-electron chi connectivity index (χ0n) is 18.7. The summed E-state index contributed by atoms with van der Waals surface area (Å²) in [4.78, 5) is 14.8. The van der Waals surface area contributed by atoms with Crippen molar-refractivity contribution >= 4 is 33.7 Å². The topological polar surface area (TPSA) is 81.5 Å². The third-order valence-electron chi connectivity index (χ3n) is 6.08. The molecule has 0 saturated heterocycles. The van der Waals surface area contributed by atoms with E-state index in [2.05, 4.69) is 25.0 Å². The molecule has 0 spiro atoms. The van der Waals surface area contributed by atoms with Crippen LogP contribution in [-0.2, 0) is 12.7 Å². The van der Waals surface area contributed by atoms with Crippen LogP contribution in [0.3, 0.4) is 0 Å². The van der Waals surface area contributed by atoms with Crippen molar-refractivity contribution in [2.45, 2.75) is 31.5 Å². The summed E-state index contributed by atoms with van der Waals surface area (Å²) in [6, 6.07) is 9.29. The summed E-state index contributed by atoms with van der Waals surface area (Å²) in [6.07, 6.45) is -1.66. The fourth-order valence-electron chi connectivity index (χ4n) is 4.34. The third kappa shape index (κ3) is 4.68. The normalized spacial score (nSPS) is 15.8. The third-order valence-corrected chi connectivity index (χ3v) is 6.34. The fourth-order valence-corrected chi connectivity index (χ4v) is 4.59. The molecule has 2 aromatic carbocycles. The van der Waals surface area contributed by atoms with E-state index in [4.69, 9.17) is 16.3 Å². The van der Waals surface area contributed by atoms with E-state index in [0.717, 1.165) is 0 Å². The number of rotatable bonds is 5. The molecule has 3 aromatic heterocycles. The van der Waals surface area contributed by atoms with Gasteiger partial charge in [-0.15, -0.1) is 0 Å². The van der Waals surface area contributed by atoms with Gasteiger partial charge < -0.3 is 9.72 Å². The molecule has 1 N–H and O–H groups in total. The molecule has 190 valence electrons. The van der Waals surface area contributed by atoms with Gasteiger partial charge in [0.1, 0.15) is 17.2 Å². The number of H-pyrrole nitrogens is 1. The van der Waals surface area contributed by atoms with Crippen LogP contribution in [0.15, 0.2) is 48.8 Å². The van der Waals surface area contributed by atoms with E-state index in [1.807, 2.05) is 0 Å². The maximum absolute atomic E-state index is 13.1. The monoisotopic (exact) mass is 534 g/mol. The van der Waals surface area contributed by atoms with Gasteiger partial charge in [0.2, 0.25) is 11.7 Å². The van der Waals surface area contributed by atoms with Gasteiger partial charge >= 0.3 is 6.18 Å². The zero-order valence-corrected chi connectivity index (χ0v) is 19.5. The van der Waals surface area contributed by atoms with E-state index in [-0.39, 0.29) is 40.7 Å². The van der Waals surface area contributed by atoms with E-state index in [1.54, 1.807) is 35.3 Å². The summed E-state index contributed by atoms with van der Waals surface area (Å²) >= 11 is 6.36. The molecule has 0 aliphatic heterocycles. The molecule has 0 atom stereocenters. The number of alkyl halides is 5. The minimum absolute atomic E-state index is 0.113. The summed E-state index contributed by atoms with van der Waals surface area (Å²) in [5.41, 5.74) is 2.26. The van der Waals surface area contributed by atoms with Crippen LogP contribution < -0.4 is 4.74 Å². The van der Waals surface area contributed by atoms with Crippen LogP contribution in [0.25, 0.3) is 33.3 Å². The number of nitrogens with zero attached hydrogens (tertiary/aromatic N) is 5. The maximum atomic E-state index is 13.1. The van der Waals surface area contributed by atoms with Crippen molar-refractivity contribution in [3.63, 3.8) is 0 Å². The molecular formula is C24H16ClF5N6O. The van der Waals surface area contributed by atoms with E-state index >= 15 is 0 Å². The van der Waals surface area contributed by atoms with E-state index in [9.17, 15) is 22.0 Å². The van der Waals surface area contributed by atoms with Crippen molar-refractivity contribution < 1.29 is 26.7 Å². The number of ether oxygens (including phenoxy) is 1. The second kappa shape index (κ2) is 8.37. The van der Waals surface area contributed by atoms with Gasteiger partial charge in [-0.2, -0.15) is 18.3 Å². The number of nitrogens with one attached hydrogen (secondary N) is 1. The number of benzene rings is 2. The van der Waals surface area contributed by atoms with Crippen molar-refractivity contribution in [1.29, 1.82) is 0 Å². The fraction of sp³-hybridized carbons (Fsp3) is 0.250. The molecule has 13 heteroatoms. The van der Waals surface area contributed by atoms with Crippen LogP contribution in [0.4, 0.5) is 22.0 Å². The molecule has 3 heterocycles. The Morgan fingerprint density at radius 2 is 1.73 bits per heavy atom. The molecule has 1 fully saturated rings. The molecule has 1 saturated carbocycles. The Labute approximate surface area is 210 Å².